The van der Waals surface area contributed by atoms with E-state index in [2.05, 4.69) is 10.2 Å². The van der Waals surface area contributed by atoms with Gasteiger partial charge in [-0.05, 0) is 12.8 Å². The molecule has 0 bridgehead atoms. The maximum atomic E-state index is 5.53. The molecule has 4 nitrogen and oxygen atoms in total. The highest BCUT2D eigenvalue weighted by Crippen LogP contribution is 2.41. The molecule has 0 aromatic heterocycles. The van der Waals surface area contributed by atoms with Gasteiger partial charge in [-0.1, -0.05) is 0 Å². The van der Waals surface area contributed by atoms with E-state index < -0.39 is 0 Å². The number of ether oxygens (including phenoxy) is 2. The van der Waals surface area contributed by atoms with Crippen LogP contribution in [-0.4, -0.2) is 63.5 Å². The fraction of sp³-hybridized carbons (Fsp3) is 1.00. The molecule has 1 N–H and O–H groups in total. The second-order valence-electron chi connectivity index (χ2n) is 5.52. The van der Waals surface area contributed by atoms with E-state index in [1.54, 1.807) is 0 Å². The molecule has 16 heavy (non-hydrogen) atoms. The summed E-state index contributed by atoms with van der Waals surface area (Å²) < 4.78 is 11.0. The third kappa shape index (κ3) is 1.78. The van der Waals surface area contributed by atoms with E-state index >= 15 is 0 Å². The van der Waals surface area contributed by atoms with Crippen molar-refractivity contribution in [2.24, 2.45) is 5.41 Å². The van der Waals surface area contributed by atoms with Gasteiger partial charge >= 0.3 is 0 Å². The van der Waals surface area contributed by atoms with Gasteiger partial charge in [-0.25, -0.2) is 0 Å². The van der Waals surface area contributed by atoms with E-state index in [1.165, 1.54) is 25.9 Å². The van der Waals surface area contributed by atoms with Crippen LogP contribution in [0.5, 0.6) is 0 Å². The van der Waals surface area contributed by atoms with Gasteiger partial charge in [0.2, 0.25) is 0 Å². The van der Waals surface area contributed by atoms with Crippen molar-refractivity contribution in [3.63, 3.8) is 0 Å². The van der Waals surface area contributed by atoms with Gasteiger partial charge in [-0.3, -0.25) is 4.90 Å². The SMILES string of the molecule is CO[C@H]1CNCC1N1CC2(CCOCC2)C1. The van der Waals surface area contributed by atoms with Crippen LogP contribution in [0.4, 0.5) is 0 Å². The minimum absolute atomic E-state index is 0.386. The van der Waals surface area contributed by atoms with Crippen molar-refractivity contribution in [3.05, 3.63) is 0 Å². The van der Waals surface area contributed by atoms with Crippen molar-refractivity contribution in [1.29, 1.82) is 0 Å². The van der Waals surface area contributed by atoms with E-state index in [0.29, 0.717) is 17.6 Å². The summed E-state index contributed by atoms with van der Waals surface area (Å²) in [6.07, 6.45) is 2.89. The molecule has 3 saturated heterocycles. The molecule has 0 saturated carbocycles. The Morgan fingerprint density at radius 3 is 2.69 bits per heavy atom. The number of methoxy groups -OCH3 is 1. The summed E-state index contributed by atoms with van der Waals surface area (Å²) in [5, 5.41) is 3.42. The molecule has 1 spiro atoms. The molecule has 92 valence electrons. The summed E-state index contributed by atoms with van der Waals surface area (Å²) in [6.45, 7) is 6.53. The van der Waals surface area contributed by atoms with Gasteiger partial charge in [0, 0.05) is 58.0 Å². The van der Waals surface area contributed by atoms with Crippen LogP contribution in [0.1, 0.15) is 12.8 Å². The number of nitrogens with one attached hydrogen (secondary N) is 1. The molecule has 3 fully saturated rings. The Balaban J connectivity index is 1.55. The van der Waals surface area contributed by atoms with Crippen molar-refractivity contribution in [2.75, 3.05) is 46.5 Å². The Hall–Kier alpha value is -0.160. The molecule has 2 atom stereocenters. The highest BCUT2D eigenvalue weighted by atomic mass is 16.5. The third-order valence-electron chi connectivity index (χ3n) is 4.53. The zero-order chi connectivity index (χ0) is 11.0. The first-order chi connectivity index (χ1) is 7.83. The van der Waals surface area contributed by atoms with E-state index in [9.17, 15) is 0 Å². The minimum atomic E-state index is 0.386. The normalized spacial score (nSPS) is 38.8. The van der Waals surface area contributed by atoms with E-state index in [4.69, 9.17) is 9.47 Å². The van der Waals surface area contributed by atoms with E-state index in [1.807, 2.05) is 7.11 Å². The lowest BCUT2D eigenvalue weighted by atomic mass is 9.72. The molecule has 1 unspecified atom stereocenters. The molecular formula is C12H22N2O2. The molecule has 0 aromatic rings. The van der Waals surface area contributed by atoms with Crippen molar-refractivity contribution in [1.82, 2.24) is 10.2 Å². The second kappa shape index (κ2) is 4.26. The zero-order valence-corrected chi connectivity index (χ0v) is 10.1. The number of hydrogen-bond acceptors (Lipinski definition) is 4. The largest absolute Gasteiger partial charge is 0.381 e. The molecule has 3 rings (SSSR count). The molecule has 3 aliphatic rings. The number of hydrogen-bond donors (Lipinski definition) is 1. The van der Waals surface area contributed by atoms with Crippen LogP contribution in [0.3, 0.4) is 0 Å². The Bertz CT molecular complexity index is 245. The van der Waals surface area contributed by atoms with Crippen molar-refractivity contribution >= 4 is 0 Å². The van der Waals surface area contributed by atoms with Crippen LogP contribution in [0.2, 0.25) is 0 Å². The topological polar surface area (TPSA) is 33.7 Å². The Morgan fingerprint density at radius 2 is 2.00 bits per heavy atom. The molecule has 0 radical (unpaired) electrons. The van der Waals surface area contributed by atoms with Gasteiger partial charge in [0.25, 0.3) is 0 Å². The van der Waals surface area contributed by atoms with Gasteiger partial charge < -0.3 is 14.8 Å². The van der Waals surface area contributed by atoms with Crippen LogP contribution < -0.4 is 5.32 Å². The number of likely N-dealkylation sites (tertiary alicyclic amines) is 1. The number of rotatable bonds is 2. The second-order valence-corrected chi connectivity index (χ2v) is 5.52. The first kappa shape index (κ1) is 11.0. The lowest BCUT2D eigenvalue weighted by Crippen LogP contribution is -2.63. The van der Waals surface area contributed by atoms with Gasteiger partial charge in [0.1, 0.15) is 0 Å². The van der Waals surface area contributed by atoms with Crippen molar-refractivity contribution < 1.29 is 9.47 Å². The summed E-state index contributed by atoms with van der Waals surface area (Å²) >= 11 is 0. The molecule has 3 heterocycles. The zero-order valence-electron chi connectivity index (χ0n) is 10.1. The fourth-order valence-corrected chi connectivity index (χ4v) is 3.42. The molecular weight excluding hydrogens is 204 g/mol. The predicted molar refractivity (Wildman–Crippen MR) is 61.5 cm³/mol. The number of nitrogens with zero attached hydrogens (tertiary/aromatic N) is 1. The Labute approximate surface area is 97.3 Å². The molecule has 0 amide bonds. The van der Waals surface area contributed by atoms with Crippen LogP contribution in [-0.2, 0) is 9.47 Å². The summed E-state index contributed by atoms with van der Waals surface area (Å²) in [5.74, 6) is 0. The van der Waals surface area contributed by atoms with Gasteiger partial charge in [0.15, 0.2) is 0 Å². The smallest absolute Gasteiger partial charge is 0.0862 e. The first-order valence-corrected chi connectivity index (χ1v) is 6.38. The Kier molecular flexibility index (Phi) is 2.92. The van der Waals surface area contributed by atoms with Gasteiger partial charge in [-0.2, -0.15) is 0 Å². The van der Waals surface area contributed by atoms with E-state index in [0.717, 1.165) is 26.3 Å². The maximum absolute atomic E-state index is 5.53. The molecule has 0 aromatic carbocycles. The lowest BCUT2D eigenvalue weighted by Gasteiger charge is -2.55. The Morgan fingerprint density at radius 1 is 1.25 bits per heavy atom. The molecule has 3 aliphatic heterocycles. The lowest BCUT2D eigenvalue weighted by molar-refractivity contribution is -0.111. The average Bonchev–Trinajstić information content (AvgIpc) is 2.74. The van der Waals surface area contributed by atoms with Crippen LogP contribution >= 0.6 is 0 Å². The summed E-state index contributed by atoms with van der Waals surface area (Å²) in [4.78, 5) is 2.60. The molecule has 0 aliphatic carbocycles. The van der Waals surface area contributed by atoms with Crippen LogP contribution in [0.25, 0.3) is 0 Å². The van der Waals surface area contributed by atoms with Crippen molar-refractivity contribution in [3.8, 4) is 0 Å². The highest BCUT2D eigenvalue weighted by molar-refractivity contribution is 5.02. The standard InChI is InChI=1S/C12H22N2O2/c1-15-11-7-13-6-10(11)14-8-12(9-14)2-4-16-5-3-12/h10-11,13H,2-9H2,1H3/t10?,11-/m0/s1. The highest BCUT2D eigenvalue weighted by Gasteiger charge is 2.48. The van der Waals surface area contributed by atoms with Crippen molar-refractivity contribution in [2.45, 2.75) is 25.0 Å². The van der Waals surface area contributed by atoms with Crippen LogP contribution in [0, 0.1) is 5.41 Å². The monoisotopic (exact) mass is 226 g/mol. The van der Waals surface area contributed by atoms with Gasteiger partial charge in [0.05, 0.1) is 6.10 Å². The summed E-state index contributed by atoms with van der Waals surface area (Å²) in [5.41, 5.74) is 0.582. The van der Waals surface area contributed by atoms with Gasteiger partial charge in [-0.15, -0.1) is 0 Å². The minimum Gasteiger partial charge on any atom is -0.381 e. The molecule has 4 heteroatoms. The predicted octanol–water partition coefficient (Wildman–Crippen LogP) is 0.0856. The fourth-order valence-electron chi connectivity index (χ4n) is 3.42. The average molecular weight is 226 g/mol. The third-order valence-corrected chi connectivity index (χ3v) is 4.53. The summed E-state index contributed by atoms with van der Waals surface area (Å²) in [7, 11) is 1.83. The summed E-state index contributed by atoms with van der Waals surface area (Å²) in [6, 6.07) is 0.596. The van der Waals surface area contributed by atoms with E-state index in [-0.39, 0.29) is 0 Å². The van der Waals surface area contributed by atoms with Crippen LogP contribution in [0.15, 0.2) is 0 Å². The quantitative estimate of drug-likeness (QED) is 0.723. The first-order valence-electron chi connectivity index (χ1n) is 6.38. The maximum Gasteiger partial charge on any atom is 0.0862 e.